The monoisotopic (exact) mass is 465 g/mol. The number of nitrogens with zero attached hydrogens (tertiary/aromatic N) is 2. The van der Waals surface area contributed by atoms with E-state index in [1.165, 1.54) is 12.3 Å². The molecule has 2 heterocycles. The standard InChI is InChI=1S/C21H24FN3O6S/c1-13(15-4-5-17(22)18(8-15)30-10-14-2-3-14)12-32(28,29)7-6-16-11-31-21(23-16)25-9-19(26)24-20(25)27/h4-5,8,11,13-14H,2-3,6-7,9-10,12H2,1H3,(H,24,26,27)/t13-/m0/s1. The third kappa shape index (κ3) is 5.45. The normalized spacial score (nSPS) is 17.5. The van der Waals surface area contributed by atoms with Crippen molar-refractivity contribution in [3.05, 3.63) is 41.5 Å². The van der Waals surface area contributed by atoms with Crippen molar-refractivity contribution in [3.63, 3.8) is 0 Å². The van der Waals surface area contributed by atoms with Gasteiger partial charge in [-0.1, -0.05) is 13.0 Å². The van der Waals surface area contributed by atoms with Gasteiger partial charge in [-0.15, -0.1) is 0 Å². The molecule has 9 nitrogen and oxygen atoms in total. The molecule has 2 fully saturated rings. The minimum Gasteiger partial charge on any atom is -0.490 e. The van der Waals surface area contributed by atoms with Crippen LogP contribution in [0.25, 0.3) is 0 Å². The highest BCUT2D eigenvalue weighted by Gasteiger charge is 2.31. The molecule has 1 saturated carbocycles. The highest BCUT2D eigenvalue weighted by atomic mass is 32.2. The molecule has 4 rings (SSSR count). The molecule has 2 aromatic rings. The van der Waals surface area contributed by atoms with Crippen LogP contribution in [0, 0.1) is 11.7 Å². The predicted octanol–water partition coefficient (Wildman–Crippen LogP) is 2.42. The van der Waals surface area contributed by atoms with Gasteiger partial charge in [-0.25, -0.2) is 22.5 Å². The molecule has 1 atom stereocenters. The third-order valence-electron chi connectivity index (χ3n) is 5.43. The summed E-state index contributed by atoms with van der Waals surface area (Å²) in [6, 6.07) is 3.76. The van der Waals surface area contributed by atoms with Gasteiger partial charge in [-0.3, -0.25) is 10.1 Å². The van der Waals surface area contributed by atoms with Gasteiger partial charge in [-0.05, 0) is 42.4 Å². The van der Waals surface area contributed by atoms with E-state index in [1.54, 1.807) is 19.1 Å². The van der Waals surface area contributed by atoms with Crippen LogP contribution >= 0.6 is 0 Å². The zero-order valence-corrected chi connectivity index (χ0v) is 18.4. The molecule has 1 saturated heterocycles. The van der Waals surface area contributed by atoms with E-state index in [0.717, 1.165) is 17.7 Å². The molecule has 172 valence electrons. The predicted molar refractivity (Wildman–Crippen MR) is 113 cm³/mol. The number of hydrogen-bond acceptors (Lipinski definition) is 7. The van der Waals surface area contributed by atoms with E-state index in [-0.39, 0.29) is 42.2 Å². The number of rotatable bonds is 10. The molecule has 3 amide bonds. The molecule has 0 radical (unpaired) electrons. The van der Waals surface area contributed by atoms with Crippen molar-refractivity contribution in [1.82, 2.24) is 10.3 Å². The van der Waals surface area contributed by atoms with Gasteiger partial charge in [0.15, 0.2) is 21.4 Å². The lowest BCUT2D eigenvalue weighted by atomic mass is 10.0. The lowest BCUT2D eigenvalue weighted by Crippen LogP contribution is -2.28. The molecule has 1 aliphatic carbocycles. The molecule has 0 unspecified atom stereocenters. The first-order chi connectivity index (χ1) is 15.2. The Kier molecular flexibility index (Phi) is 6.18. The summed E-state index contributed by atoms with van der Waals surface area (Å²) in [5.74, 6) is -0.926. The number of imide groups is 1. The fourth-order valence-corrected chi connectivity index (χ4v) is 5.02. The lowest BCUT2D eigenvalue weighted by molar-refractivity contribution is -0.117. The fourth-order valence-electron chi connectivity index (χ4n) is 3.38. The molecule has 1 aromatic heterocycles. The second-order valence-corrected chi connectivity index (χ2v) is 10.5. The number of aryl methyl sites for hydroxylation is 1. The average molecular weight is 466 g/mol. The maximum absolute atomic E-state index is 14.0. The molecule has 2 aliphatic rings. The van der Waals surface area contributed by atoms with E-state index in [9.17, 15) is 22.4 Å². The third-order valence-corrected chi connectivity index (χ3v) is 7.27. The Morgan fingerprint density at radius 3 is 2.81 bits per heavy atom. The van der Waals surface area contributed by atoms with Crippen LogP contribution in [-0.2, 0) is 21.1 Å². The van der Waals surface area contributed by atoms with Crippen molar-refractivity contribution in [1.29, 1.82) is 0 Å². The van der Waals surface area contributed by atoms with Crippen LogP contribution in [0.15, 0.2) is 28.9 Å². The molecule has 0 spiro atoms. The van der Waals surface area contributed by atoms with Gasteiger partial charge in [0.05, 0.1) is 23.8 Å². The van der Waals surface area contributed by atoms with Crippen molar-refractivity contribution in [2.75, 3.05) is 29.6 Å². The summed E-state index contributed by atoms with van der Waals surface area (Å²) in [5, 5.41) is 2.11. The van der Waals surface area contributed by atoms with Crippen LogP contribution in [-0.4, -0.2) is 50.0 Å². The molecule has 0 bridgehead atoms. The summed E-state index contributed by atoms with van der Waals surface area (Å²) in [6.07, 6.45) is 3.55. The number of hydrogen-bond donors (Lipinski definition) is 1. The quantitative estimate of drug-likeness (QED) is 0.535. The minimum atomic E-state index is -3.46. The van der Waals surface area contributed by atoms with Crippen molar-refractivity contribution in [2.24, 2.45) is 5.92 Å². The number of sulfone groups is 1. The van der Waals surface area contributed by atoms with E-state index in [1.807, 2.05) is 0 Å². The van der Waals surface area contributed by atoms with Crippen molar-refractivity contribution >= 4 is 27.8 Å². The second-order valence-electron chi connectivity index (χ2n) is 8.27. The fraction of sp³-hybridized carbons (Fsp3) is 0.476. The summed E-state index contributed by atoms with van der Waals surface area (Å²) in [7, 11) is -3.46. The van der Waals surface area contributed by atoms with Gasteiger partial charge in [0.25, 0.3) is 0 Å². The average Bonchev–Trinajstić information content (AvgIpc) is 3.33. The van der Waals surface area contributed by atoms with Gasteiger partial charge in [0.2, 0.25) is 5.91 Å². The number of anilines is 1. The van der Waals surface area contributed by atoms with Crippen molar-refractivity contribution in [2.45, 2.75) is 32.1 Å². The Labute approximate surface area is 184 Å². The van der Waals surface area contributed by atoms with Crippen LogP contribution in [0.4, 0.5) is 15.2 Å². The number of carbonyl (C=O) groups is 2. The highest BCUT2D eigenvalue weighted by molar-refractivity contribution is 7.91. The summed E-state index contributed by atoms with van der Waals surface area (Å²) < 4.78 is 50.0. The zero-order chi connectivity index (χ0) is 22.9. The Morgan fingerprint density at radius 1 is 1.34 bits per heavy atom. The van der Waals surface area contributed by atoms with Crippen LogP contribution in [0.3, 0.4) is 0 Å². The highest BCUT2D eigenvalue weighted by Crippen LogP contribution is 2.31. The summed E-state index contributed by atoms with van der Waals surface area (Å²) in [6.45, 7) is 2.05. The Balaban J connectivity index is 1.33. The number of halogens is 1. The molecule has 11 heteroatoms. The molecule has 1 aromatic carbocycles. The number of benzene rings is 1. The molecule has 1 aliphatic heterocycles. The molecular weight excluding hydrogens is 441 g/mol. The van der Waals surface area contributed by atoms with E-state index in [4.69, 9.17) is 9.15 Å². The number of carbonyl (C=O) groups excluding carboxylic acids is 2. The Bertz CT molecular complexity index is 1130. The number of aromatic nitrogens is 1. The Hall–Kier alpha value is -2.95. The number of oxazole rings is 1. The first kappa shape index (κ1) is 22.3. The smallest absolute Gasteiger partial charge is 0.332 e. The number of nitrogens with one attached hydrogen (secondary N) is 1. The van der Waals surface area contributed by atoms with E-state index in [0.29, 0.717) is 23.8 Å². The SMILES string of the molecule is C[C@@H](CS(=O)(=O)CCc1coc(N2CC(=O)NC2=O)n1)c1ccc(F)c(OCC2CC2)c1. The zero-order valence-electron chi connectivity index (χ0n) is 17.5. The maximum Gasteiger partial charge on any atom is 0.332 e. The van der Waals surface area contributed by atoms with Gasteiger partial charge in [0, 0.05) is 6.42 Å². The van der Waals surface area contributed by atoms with E-state index in [2.05, 4.69) is 10.3 Å². The minimum absolute atomic E-state index is 0.0563. The van der Waals surface area contributed by atoms with Crippen LogP contribution in [0.5, 0.6) is 5.75 Å². The Morgan fingerprint density at radius 2 is 2.12 bits per heavy atom. The first-order valence-electron chi connectivity index (χ1n) is 10.4. The van der Waals surface area contributed by atoms with Gasteiger partial charge in [-0.2, -0.15) is 4.98 Å². The summed E-state index contributed by atoms with van der Waals surface area (Å²) in [5.41, 5.74) is 1.05. The topological polar surface area (TPSA) is 119 Å². The second kappa shape index (κ2) is 8.89. The van der Waals surface area contributed by atoms with E-state index >= 15 is 0 Å². The number of urea groups is 1. The van der Waals surface area contributed by atoms with Gasteiger partial charge < -0.3 is 9.15 Å². The van der Waals surface area contributed by atoms with Gasteiger partial charge >= 0.3 is 12.0 Å². The first-order valence-corrected chi connectivity index (χ1v) is 12.2. The lowest BCUT2D eigenvalue weighted by Gasteiger charge is -2.14. The summed E-state index contributed by atoms with van der Waals surface area (Å²) in [4.78, 5) is 28.1. The largest absolute Gasteiger partial charge is 0.490 e. The maximum atomic E-state index is 14.0. The van der Waals surface area contributed by atoms with Crippen LogP contribution in [0.1, 0.15) is 36.9 Å². The number of amides is 3. The van der Waals surface area contributed by atoms with Crippen molar-refractivity contribution in [3.8, 4) is 5.75 Å². The summed E-state index contributed by atoms with van der Waals surface area (Å²) >= 11 is 0. The van der Waals surface area contributed by atoms with Crippen LogP contribution < -0.4 is 15.0 Å². The van der Waals surface area contributed by atoms with E-state index < -0.39 is 27.6 Å². The molecule has 32 heavy (non-hydrogen) atoms. The molecule has 1 N–H and O–H groups in total. The van der Waals surface area contributed by atoms with Crippen molar-refractivity contribution < 1.29 is 31.6 Å². The van der Waals surface area contributed by atoms with Gasteiger partial charge in [0.1, 0.15) is 12.8 Å². The number of ether oxygens (including phenoxy) is 1. The van der Waals surface area contributed by atoms with Crippen LogP contribution in [0.2, 0.25) is 0 Å². The molecular formula is C21H24FN3O6S.